The molecule has 1 atom stereocenters. The van der Waals surface area contributed by atoms with Crippen molar-refractivity contribution < 1.29 is 17.7 Å². The van der Waals surface area contributed by atoms with Crippen LogP contribution in [0.15, 0.2) is 30.3 Å². The summed E-state index contributed by atoms with van der Waals surface area (Å²) in [6, 6.07) is 10.0. The largest absolute Gasteiger partial charge is 0.384 e. The lowest BCUT2D eigenvalue weighted by atomic mass is 10.1. The third kappa shape index (κ3) is 5.14. The molecule has 2 heterocycles. The number of pyridine rings is 1. The molecule has 1 aliphatic heterocycles. The second-order valence-electron chi connectivity index (χ2n) is 5.09. The SMILES string of the molecule is CCS(=O)(=O)O.Nc1cc2ccccc2c(C2CNCCO2)n1. The first-order valence-electron chi connectivity index (χ1n) is 7.33. The van der Waals surface area contributed by atoms with Crippen LogP contribution in [0.25, 0.3) is 10.8 Å². The second kappa shape index (κ2) is 7.69. The monoisotopic (exact) mass is 339 g/mol. The Kier molecular flexibility index (Phi) is 5.89. The van der Waals surface area contributed by atoms with Crippen LogP contribution < -0.4 is 11.1 Å². The molecular formula is C15H21N3O4S. The third-order valence-corrected chi connectivity index (χ3v) is 4.12. The van der Waals surface area contributed by atoms with Crippen molar-refractivity contribution in [1.82, 2.24) is 10.3 Å². The Labute approximate surface area is 135 Å². The Morgan fingerprint density at radius 2 is 2.13 bits per heavy atom. The zero-order valence-electron chi connectivity index (χ0n) is 12.9. The van der Waals surface area contributed by atoms with E-state index in [1.165, 1.54) is 6.92 Å². The van der Waals surface area contributed by atoms with Crippen LogP contribution >= 0.6 is 0 Å². The molecule has 1 aliphatic rings. The quantitative estimate of drug-likeness (QED) is 0.708. The van der Waals surface area contributed by atoms with E-state index in [0.717, 1.165) is 36.2 Å². The van der Waals surface area contributed by atoms with Crippen molar-refractivity contribution in [3.05, 3.63) is 36.0 Å². The van der Waals surface area contributed by atoms with Gasteiger partial charge in [0.25, 0.3) is 10.1 Å². The third-order valence-electron chi connectivity index (χ3n) is 3.39. The molecule has 0 aliphatic carbocycles. The highest BCUT2D eigenvalue weighted by atomic mass is 32.2. The van der Waals surface area contributed by atoms with Crippen LogP contribution in [0.5, 0.6) is 0 Å². The van der Waals surface area contributed by atoms with E-state index in [1.807, 2.05) is 24.3 Å². The van der Waals surface area contributed by atoms with Crippen molar-refractivity contribution in [2.75, 3.05) is 31.2 Å². The molecule has 126 valence electrons. The molecule has 0 saturated carbocycles. The van der Waals surface area contributed by atoms with Gasteiger partial charge in [-0.1, -0.05) is 24.3 Å². The van der Waals surface area contributed by atoms with Gasteiger partial charge in [-0.2, -0.15) is 8.42 Å². The van der Waals surface area contributed by atoms with Gasteiger partial charge in [0, 0.05) is 18.5 Å². The average Bonchev–Trinajstić information content (AvgIpc) is 2.55. The summed E-state index contributed by atoms with van der Waals surface area (Å²) in [5.41, 5.74) is 6.78. The molecule has 0 bridgehead atoms. The maximum Gasteiger partial charge on any atom is 0.264 e. The van der Waals surface area contributed by atoms with Gasteiger partial charge in [-0.05, 0) is 18.4 Å². The molecule has 1 fully saturated rings. The van der Waals surface area contributed by atoms with Gasteiger partial charge in [0.05, 0.1) is 18.1 Å². The van der Waals surface area contributed by atoms with Crippen LogP contribution in [0.3, 0.4) is 0 Å². The Morgan fingerprint density at radius 3 is 2.74 bits per heavy atom. The van der Waals surface area contributed by atoms with E-state index in [1.54, 1.807) is 0 Å². The Hall–Kier alpha value is -1.74. The van der Waals surface area contributed by atoms with Crippen LogP contribution in [0, 0.1) is 0 Å². The van der Waals surface area contributed by atoms with Crippen molar-refractivity contribution in [1.29, 1.82) is 0 Å². The number of ether oxygens (including phenoxy) is 1. The predicted molar refractivity (Wildman–Crippen MR) is 89.8 cm³/mol. The minimum atomic E-state index is -3.66. The van der Waals surface area contributed by atoms with E-state index in [2.05, 4.69) is 16.4 Å². The van der Waals surface area contributed by atoms with Crippen LogP contribution in [0.2, 0.25) is 0 Å². The Morgan fingerprint density at radius 1 is 1.43 bits per heavy atom. The summed E-state index contributed by atoms with van der Waals surface area (Å²) in [6.45, 7) is 3.78. The highest BCUT2D eigenvalue weighted by molar-refractivity contribution is 7.85. The number of anilines is 1. The molecule has 1 saturated heterocycles. The first kappa shape index (κ1) is 17.6. The van der Waals surface area contributed by atoms with Crippen LogP contribution in [-0.4, -0.2) is 43.4 Å². The maximum absolute atomic E-state index is 9.56. The number of nitrogens with one attached hydrogen (secondary N) is 1. The molecule has 1 aromatic heterocycles. The standard InChI is InChI=1S/C13H15N3O.C2H6O3S/c14-12-7-9-3-1-2-4-10(9)13(16-12)11-8-15-5-6-17-11;1-2-6(3,4)5/h1-4,7,11,15H,5-6,8H2,(H2,14,16);2H2,1H3,(H,3,4,5). The molecule has 4 N–H and O–H groups in total. The number of nitrogens with zero attached hydrogens (tertiary/aromatic N) is 1. The molecule has 2 aromatic rings. The fourth-order valence-corrected chi connectivity index (χ4v) is 2.23. The summed E-state index contributed by atoms with van der Waals surface area (Å²) in [5.74, 6) is 0.348. The van der Waals surface area contributed by atoms with Gasteiger partial charge < -0.3 is 15.8 Å². The fraction of sp³-hybridized carbons (Fsp3) is 0.400. The fourth-order valence-electron chi connectivity index (χ4n) is 2.23. The molecule has 0 amide bonds. The number of morpholine rings is 1. The normalized spacial score (nSPS) is 18.3. The number of fused-ring (bicyclic) bond motifs is 1. The first-order chi connectivity index (χ1) is 10.9. The summed E-state index contributed by atoms with van der Waals surface area (Å²) in [4.78, 5) is 4.44. The van der Waals surface area contributed by atoms with Crippen molar-refractivity contribution >= 4 is 26.7 Å². The van der Waals surface area contributed by atoms with Crippen molar-refractivity contribution in [3.8, 4) is 0 Å². The number of nitrogens with two attached hydrogens (primary N) is 1. The van der Waals surface area contributed by atoms with E-state index >= 15 is 0 Å². The molecule has 3 rings (SSSR count). The molecule has 0 radical (unpaired) electrons. The lowest BCUT2D eigenvalue weighted by Crippen LogP contribution is -2.33. The van der Waals surface area contributed by atoms with E-state index in [9.17, 15) is 8.42 Å². The Balaban J connectivity index is 0.000000277. The highest BCUT2D eigenvalue weighted by Gasteiger charge is 2.19. The number of nitrogen functional groups attached to an aromatic ring is 1. The lowest BCUT2D eigenvalue weighted by Gasteiger charge is -2.24. The number of hydrogen-bond donors (Lipinski definition) is 3. The lowest BCUT2D eigenvalue weighted by molar-refractivity contribution is 0.0261. The van der Waals surface area contributed by atoms with Gasteiger partial charge in [-0.25, -0.2) is 4.98 Å². The summed E-state index contributed by atoms with van der Waals surface area (Å²) >= 11 is 0. The maximum atomic E-state index is 9.56. The van der Waals surface area contributed by atoms with Gasteiger partial charge in [0.2, 0.25) is 0 Å². The van der Waals surface area contributed by atoms with Crippen molar-refractivity contribution in [2.45, 2.75) is 13.0 Å². The number of aromatic nitrogens is 1. The highest BCUT2D eigenvalue weighted by Crippen LogP contribution is 2.27. The van der Waals surface area contributed by atoms with Gasteiger partial charge in [0.15, 0.2) is 0 Å². The van der Waals surface area contributed by atoms with E-state index in [4.69, 9.17) is 15.0 Å². The smallest absolute Gasteiger partial charge is 0.264 e. The Bertz CT molecular complexity index is 758. The zero-order valence-corrected chi connectivity index (χ0v) is 13.7. The molecule has 23 heavy (non-hydrogen) atoms. The van der Waals surface area contributed by atoms with E-state index < -0.39 is 10.1 Å². The number of rotatable bonds is 2. The summed E-state index contributed by atoms with van der Waals surface area (Å²) in [7, 11) is -3.66. The molecule has 0 spiro atoms. The van der Waals surface area contributed by atoms with Crippen LogP contribution in [0.4, 0.5) is 5.82 Å². The molecule has 8 heteroatoms. The average molecular weight is 339 g/mol. The first-order valence-corrected chi connectivity index (χ1v) is 8.94. The van der Waals surface area contributed by atoms with Crippen molar-refractivity contribution in [2.24, 2.45) is 0 Å². The summed E-state index contributed by atoms with van der Waals surface area (Å²) < 4.78 is 32.7. The molecular weight excluding hydrogens is 318 g/mol. The zero-order chi connectivity index (χ0) is 16.9. The second-order valence-corrected chi connectivity index (χ2v) is 6.83. The topological polar surface area (TPSA) is 115 Å². The summed E-state index contributed by atoms with van der Waals surface area (Å²) in [6.07, 6.45) is -0.00264. The van der Waals surface area contributed by atoms with Gasteiger partial charge >= 0.3 is 0 Å². The minimum Gasteiger partial charge on any atom is -0.384 e. The summed E-state index contributed by atoms with van der Waals surface area (Å²) in [5, 5.41) is 5.55. The van der Waals surface area contributed by atoms with Gasteiger partial charge in [0.1, 0.15) is 11.9 Å². The number of benzene rings is 1. The van der Waals surface area contributed by atoms with Crippen molar-refractivity contribution in [3.63, 3.8) is 0 Å². The minimum absolute atomic E-state index is 0.00264. The molecule has 1 unspecified atom stereocenters. The van der Waals surface area contributed by atoms with E-state index in [-0.39, 0.29) is 11.9 Å². The number of hydrogen-bond acceptors (Lipinski definition) is 6. The van der Waals surface area contributed by atoms with Crippen LogP contribution in [0.1, 0.15) is 18.7 Å². The van der Waals surface area contributed by atoms with Crippen LogP contribution in [-0.2, 0) is 14.9 Å². The predicted octanol–water partition coefficient (Wildman–Crippen LogP) is 1.37. The van der Waals surface area contributed by atoms with E-state index in [0.29, 0.717) is 5.82 Å². The molecule has 1 aromatic carbocycles. The van der Waals surface area contributed by atoms with Gasteiger partial charge in [-0.3, -0.25) is 4.55 Å². The molecule has 7 nitrogen and oxygen atoms in total. The van der Waals surface area contributed by atoms with Gasteiger partial charge in [-0.15, -0.1) is 0 Å².